The number of ether oxygens (including phenoxy) is 2. The molecule has 1 aromatic heterocycles. The van der Waals surface area contributed by atoms with Gasteiger partial charge in [0.15, 0.2) is 0 Å². The molecule has 0 amide bonds. The Kier molecular flexibility index (Phi) is 13.7. The second-order valence-corrected chi connectivity index (χ2v) is 12.7. The van der Waals surface area contributed by atoms with Crippen LogP contribution in [0.3, 0.4) is 0 Å². The van der Waals surface area contributed by atoms with Gasteiger partial charge >= 0.3 is 0 Å². The molecule has 3 aromatic rings. The number of nitrogens with one attached hydrogen (secondary N) is 1. The van der Waals surface area contributed by atoms with E-state index in [9.17, 15) is 19.3 Å². The van der Waals surface area contributed by atoms with Gasteiger partial charge in [0.05, 0.1) is 22.8 Å². The van der Waals surface area contributed by atoms with E-state index < -0.39 is 11.4 Å². The van der Waals surface area contributed by atoms with Crippen LogP contribution in [0.15, 0.2) is 41.2 Å². The molecule has 3 saturated heterocycles. The molecule has 1 N–H and O–H groups in total. The average molecular weight is 658 g/mol. The molecule has 3 aliphatic rings. The zero-order chi connectivity index (χ0) is 33.1. The maximum Gasteiger partial charge on any atom is 0.269 e. The van der Waals surface area contributed by atoms with Gasteiger partial charge in [-0.05, 0) is 63.2 Å². The van der Waals surface area contributed by atoms with Crippen LogP contribution in [0, 0.1) is 21.8 Å². The number of hydrogen-bond acceptors (Lipinski definition) is 9. The van der Waals surface area contributed by atoms with Gasteiger partial charge < -0.3 is 19.4 Å². The summed E-state index contributed by atoms with van der Waals surface area (Å²) in [4.78, 5) is 35.2. The zero-order valence-corrected chi connectivity index (χ0v) is 28.3. The summed E-state index contributed by atoms with van der Waals surface area (Å²) in [7, 11) is 0. The number of benzene rings is 2. The van der Waals surface area contributed by atoms with Crippen LogP contribution < -0.4 is 15.2 Å². The Balaban J connectivity index is 0.00000116. The van der Waals surface area contributed by atoms with E-state index in [1.54, 1.807) is 30.0 Å². The van der Waals surface area contributed by atoms with E-state index in [0.717, 1.165) is 77.2 Å². The number of non-ortho nitro benzene ring substituents is 1. The first-order valence-electron chi connectivity index (χ1n) is 16.7. The van der Waals surface area contributed by atoms with Crippen molar-refractivity contribution in [3.63, 3.8) is 0 Å². The molecule has 12 heteroatoms. The lowest BCUT2D eigenvalue weighted by molar-refractivity contribution is -0.384. The first kappa shape index (κ1) is 35.6. The van der Waals surface area contributed by atoms with Crippen molar-refractivity contribution in [3.05, 3.63) is 68.5 Å². The zero-order valence-electron chi connectivity index (χ0n) is 27.5. The topological polar surface area (TPSA) is 114 Å². The molecule has 0 unspecified atom stereocenters. The number of nitrogens with zero attached hydrogens (tertiary/aromatic N) is 4. The normalized spacial score (nSPS) is 17.8. The highest BCUT2D eigenvalue weighted by Crippen LogP contribution is 2.30. The third-order valence-electron chi connectivity index (χ3n) is 8.66. The first-order chi connectivity index (χ1) is 22.4. The Bertz CT molecular complexity index is 1450. The predicted octanol–water partition coefficient (Wildman–Crippen LogP) is 6.80. The third-order valence-corrected chi connectivity index (χ3v) is 10.0. The molecular formula is C34H48FN5O5S. The van der Waals surface area contributed by atoms with Crippen LogP contribution in [0.25, 0.3) is 10.9 Å². The maximum atomic E-state index is 14.8. The van der Waals surface area contributed by atoms with Crippen molar-refractivity contribution in [2.75, 3.05) is 50.9 Å². The second-order valence-electron chi connectivity index (χ2n) is 11.4. The number of hydrogen-bond donors (Lipinski definition) is 1. The van der Waals surface area contributed by atoms with E-state index >= 15 is 0 Å². The molecule has 0 aliphatic carbocycles. The van der Waals surface area contributed by atoms with Crippen LogP contribution in [-0.4, -0.2) is 77.1 Å². The Hall–Kier alpha value is -3.22. The minimum Gasteiger partial charge on any atom is -0.493 e. The molecule has 4 heterocycles. The number of nitro benzene ring substituents is 1. The molecule has 252 valence electrons. The van der Waals surface area contributed by atoms with Gasteiger partial charge in [-0.1, -0.05) is 27.7 Å². The van der Waals surface area contributed by atoms with Gasteiger partial charge in [0, 0.05) is 67.5 Å². The van der Waals surface area contributed by atoms with Gasteiger partial charge in [-0.3, -0.25) is 19.8 Å². The van der Waals surface area contributed by atoms with E-state index in [4.69, 9.17) is 9.47 Å². The number of halogens is 1. The molecular weight excluding hydrogens is 609 g/mol. The molecule has 46 heavy (non-hydrogen) atoms. The van der Waals surface area contributed by atoms with Crippen molar-refractivity contribution >= 4 is 34.0 Å². The van der Waals surface area contributed by atoms with Gasteiger partial charge in [-0.2, -0.15) is 11.8 Å². The Labute approximate surface area is 275 Å². The first-order valence-corrected chi connectivity index (χ1v) is 17.8. The van der Waals surface area contributed by atoms with Crippen molar-refractivity contribution in [1.29, 1.82) is 0 Å². The molecule has 10 nitrogen and oxygen atoms in total. The highest BCUT2D eigenvalue weighted by atomic mass is 32.2. The fourth-order valence-electron chi connectivity index (χ4n) is 6.07. The monoisotopic (exact) mass is 657 g/mol. The van der Waals surface area contributed by atoms with Gasteiger partial charge in [0.2, 0.25) is 0 Å². The summed E-state index contributed by atoms with van der Waals surface area (Å²) < 4.78 is 26.2. The molecule has 6 rings (SSSR count). The maximum absolute atomic E-state index is 14.8. The number of aromatic nitrogens is 2. The number of fused-ring (bicyclic) bond motifs is 1. The van der Waals surface area contributed by atoms with Crippen LogP contribution in [-0.2, 0) is 10.5 Å². The second kappa shape index (κ2) is 17.6. The number of H-pyrrole nitrogens is 1. The number of anilines is 1. The van der Waals surface area contributed by atoms with Crippen molar-refractivity contribution in [2.45, 2.75) is 76.8 Å². The Morgan fingerprint density at radius 1 is 1.07 bits per heavy atom. The lowest BCUT2D eigenvalue weighted by atomic mass is 9.92. The van der Waals surface area contributed by atoms with Gasteiger partial charge in [0.25, 0.3) is 11.2 Å². The number of aromatic amines is 1. The highest BCUT2D eigenvalue weighted by Gasteiger charge is 2.34. The largest absolute Gasteiger partial charge is 0.493 e. The molecule has 3 aliphatic heterocycles. The molecule has 3 fully saturated rings. The highest BCUT2D eigenvalue weighted by molar-refractivity contribution is 7.99. The lowest BCUT2D eigenvalue weighted by Crippen LogP contribution is -2.61. The van der Waals surface area contributed by atoms with E-state index in [1.807, 2.05) is 39.8 Å². The standard InChI is InChI=1S/C30H36FN5O5S.2C2H6/c31-26-15-24(16-27-29(26)30(37)33-28(32-27)19-42-25-8-12-40-13-9-25)41-14-7-20-5-10-34(11-6-20)23-17-35(18-23)21-1-3-22(4-2-21)36(38)39;2*1-2/h1-4,15-16,20,23,25H,5-14,17-19H2,(H,32,33,37);2*1-2H3. The summed E-state index contributed by atoms with van der Waals surface area (Å²) in [6, 6.07) is 10.2. The number of nitro groups is 1. The summed E-state index contributed by atoms with van der Waals surface area (Å²) >= 11 is 1.75. The quantitative estimate of drug-likeness (QED) is 0.186. The van der Waals surface area contributed by atoms with Crippen molar-refractivity contribution in [2.24, 2.45) is 5.92 Å². The number of thioether (sulfide) groups is 1. The average Bonchev–Trinajstić information content (AvgIpc) is 3.06. The third kappa shape index (κ3) is 9.19. The number of piperidine rings is 1. The van der Waals surface area contributed by atoms with Gasteiger partial charge in [-0.25, -0.2) is 9.37 Å². The van der Waals surface area contributed by atoms with Crippen LogP contribution in [0.2, 0.25) is 0 Å². The van der Waals surface area contributed by atoms with E-state index in [2.05, 4.69) is 19.8 Å². The number of likely N-dealkylation sites (tertiary alicyclic amines) is 1. The SMILES string of the molecule is CC.CC.O=c1[nH]c(CSC2CCOCC2)nc2cc(OCCC3CCN(C4CN(c5ccc([N+](=O)[O-])cc5)C4)CC3)cc(F)c12. The van der Waals surface area contributed by atoms with Crippen molar-refractivity contribution < 1.29 is 18.8 Å². The summed E-state index contributed by atoms with van der Waals surface area (Å²) in [5.74, 6) is 1.45. The van der Waals surface area contributed by atoms with Crippen molar-refractivity contribution in [3.8, 4) is 5.75 Å². The fourth-order valence-corrected chi connectivity index (χ4v) is 7.13. The molecule has 0 radical (unpaired) electrons. The van der Waals surface area contributed by atoms with Crippen LogP contribution in [0.4, 0.5) is 15.8 Å². The lowest BCUT2D eigenvalue weighted by Gasteiger charge is -2.48. The van der Waals surface area contributed by atoms with Crippen LogP contribution in [0.5, 0.6) is 5.75 Å². The van der Waals surface area contributed by atoms with Crippen LogP contribution in [0.1, 0.15) is 65.6 Å². The van der Waals surface area contributed by atoms with E-state index in [1.165, 1.54) is 6.07 Å². The smallest absolute Gasteiger partial charge is 0.269 e. The van der Waals surface area contributed by atoms with E-state index in [-0.39, 0.29) is 16.0 Å². The minimum atomic E-state index is -0.614. The summed E-state index contributed by atoms with van der Waals surface area (Å²) in [5.41, 5.74) is 1.01. The number of rotatable bonds is 10. The Morgan fingerprint density at radius 2 is 1.74 bits per heavy atom. The van der Waals surface area contributed by atoms with Crippen molar-refractivity contribution in [1.82, 2.24) is 14.9 Å². The molecule has 2 aromatic carbocycles. The summed E-state index contributed by atoms with van der Waals surface area (Å²) in [6.45, 7) is 14.0. The molecule has 0 atom stereocenters. The molecule has 0 spiro atoms. The molecule has 0 bridgehead atoms. The fraction of sp³-hybridized carbons (Fsp3) is 0.588. The summed E-state index contributed by atoms with van der Waals surface area (Å²) in [6.07, 6.45) is 5.04. The van der Waals surface area contributed by atoms with Gasteiger partial charge in [-0.15, -0.1) is 0 Å². The van der Waals surface area contributed by atoms with Crippen LogP contribution >= 0.6 is 11.8 Å². The van der Waals surface area contributed by atoms with Gasteiger partial charge in [0.1, 0.15) is 22.8 Å². The summed E-state index contributed by atoms with van der Waals surface area (Å²) in [5, 5.41) is 11.3. The Morgan fingerprint density at radius 3 is 2.39 bits per heavy atom. The predicted molar refractivity (Wildman–Crippen MR) is 184 cm³/mol. The molecule has 0 saturated carbocycles. The van der Waals surface area contributed by atoms with E-state index in [0.29, 0.717) is 46.7 Å². The minimum absolute atomic E-state index is 0.0299.